The van der Waals surface area contributed by atoms with Crippen molar-refractivity contribution in [3.8, 4) is 11.5 Å². The number of nitrogens with zero attached hydrogens (tertiary/aromatic N) is 1. The molecule has 4 heteroatoms. The monoisotopic (exact) mass is 331 g/mol. The maximum atomic E-state index is 11.1. The topological polar surface area (TPSA) is 41.9 Å². The Hall–Kier alpha value is -1.26. The second-order valence-electron chi connectivity index (χ2n) is 6.00. The molecular weight excluding hydrogens is 290 g/mol. The molecule has 1 fully saturated rings. The molecule has 1 saturated heterocycles. The lowest BCUT2D eigenvalue weighted by Crippen LogP contribution is -2.48. The minimum Gasteiger partial charge on any atom is -0.493 e. The molecule has 2 aliphatic rings. The second kappa shape index (κ2) is 6.70. The first-order valence-electron chi connectivity index (χ1n) is 13.4. The van der Waals surface area contributed by atoms with Crippen LogP contribution >= 0.6 is 0 Å². The first-order chi connectivity index (χ1) is 15.5. The molecule has 1 aromatic rings. The number of hydrogen-bond donors (Lipinski definition) is 1. The van der Waals surface area contributed by atoms with Gasteiger partial charge in [0.1, 0.15) is 0 Å². The summed E-state index contributed by atoms with van der Waals surface area (Å²) in [4.78, 5) is 0.546. The largest absolute Gasteiger partial charge is 0.493 e. The van der Waals surface area contributed by atoms with Crippen molar-refractivity contribution >= 4 is 0 Å². The van der Waals surface area contributed by atoms with Gasteiger partial charge in [0.25, 0.3) is 0 Å². The van der Waals surface area contributed by atoms with Crippen molar-refractivity contribution in [2.45, 2.75) is 45.1 Å². The van der Waals surface area contributed by atoms with E-state index in [1.165, 1.54) is 0 Å². The minimum absolute atomic E-state index is 0.223. The van der Waals surface area contributed by atoms with Gasteiger partial charge in [-0.25, -0.2) is 0 Å². The summed E-state index contributed by atoms with van der Waals surface area (Å²) in [5.74, 6) is -3.39. The smallest absolute Gasteiger partial charge is 0.161 e. The van der Waals surface area contributed by atoms with Crippen LogP contribution in [0.1, 0.15) is 60.2 Å². The number of hydrogen-bond acceptors (Lipinski definition) is 4. The summed E-state index contributed by atoms with van der Waals surface area (Å²) in [5, 5.41) is 11.1. The van der Waals surface area contributed by atoms with Gasteiger partial charge < -0.3 is 14.6 Å². The van der Waals surface area contributed by atoms with Crippen LogP contribution in [0, 0.1) is 11.8 Å². The lowest BCUT2D eigenvalue weighted by atomic mass is 9.79. The highest BCUT2D eigenvalue weighted by molar-refractivity contribution is 5.49. The Morgan fingerprint density at radius 2 is 2.22 bits per heavy atom. The molecule has 0 saturated carbocycles. The van der Waals surface area contributed by atoms with E-state index in [-0.39, 0.29) is 18.1 Å². The first kappa shape index (κ1) is 7.32. The Bertz CT molecular complexity index is 1010. The maximum absolute atomic E-state index is 11.1. The average Bonchev–Trinajstić information content (AvgIpc) is 2.67. The highest BCUT2D eigenvalue weighted by atomic mass is 16.5. The van der Waals surface area contributed by atoms with Gasteiger partial charge in [-0.05, 0) is 54.2 Å². The van der Waals surface area contributed by atoms with Crippen LogP contribution in [0.4, 0.5) is 0 Å². The van der Waals surface area contributed by atoms with Crippen LogP contribution in [0.5, 0.6) is 11.5 Å². The lowest BCUT2D eigenvalue weighted by molar-refractivity contribution is -0.0191. The van der Waals surface area contributed by atoms with Crippen molar-refractivity contribution in [3.63, 3.8) is 0 Å². The quantitative estimate of drug-likeness (QED) is 0.921. The number of rotatable bonds is 4. The molecule has 0 radical (unpaired) electrons. The third-order valence-electron chi connectivity index (χ3n) is 3.84. The Morgan fingerprint density at radius 3 is 2.91 bits per heavy atom. The van der Waals surface area contributed by atoms with Crippen LogP contribution in [-0.2, 0) is 6.37 Å². The predicted molar refractivity (Wildman–Crippen MR) is 91.1 cm³/mol. The van der Waals surface area contributed by atoms with E-state index in [1.807, 2.05) is 0 Å². The van der Waals surface area contributed by atoms with Crippen molar-refractivity contribution in [2.75, 3.05) is 27.2 Å². The Labute approximate surface area is 156 Å². The minimum atomic E-state index is -3.33. The molecule has 0 bridgehead atoms. The fraction of sp³-hybridized carbons (Fsp3) is 0.684. The van der Waals surface area contributed by atoms with Crippen molar-refractivity contribution < 1.29 is 31.0 Å². The zero-order chi connectivity index (χ0) is 27.2. The Kier molecular flexibility index (Phi) is 2.13. The predicted octanol–water partition coefficient (Wildman–Crippen LogP) is 3.03. The molecule has 2 aliphatic heterocycles. The summed E-state index contributed by atoms with van der Waals surface area (Å²) in [6.07, 6.45) is -9.70. The van der Waals surface area contributed by atoms with Gasteiger partial charge in [0.05, 0.1) is 27.1 Å². The molecule has 23 heavy (non-hydrogen) atoms. The summed E-state index contributed by atoms with van der Waals surface area (Å²) in [6, 6.07) is -1.08. The van der Waals surface area contributed by atoms with E-state index in [0.717, 1.165) is 19.2 Å². The molecule has 3 atom stereocenters. The molecule has 0 aliphatic carbocycles. The summed E-state index contributed by atoms with van der Waals surface area (Å²) < 4.78 is 111. The zero-order valence-electron chi connectivity index (χ0n) is 25.4. The van der Waals surface area contributed by atoms with Gasteiger partial charge in [0.2, 0.25) is 0 Å². The summed E-state index contributed by atoms with van der Waals surface area (Å²) >= 11 is 0. The van der Waals surface area contributed by atoms with E-state index < -0.39 is 67.7 Å². The number of fused-ring (bicyclic) bond motifs is 3. The number of benzene rings is 1. The fourth-order valence-corrected chi connectivity index (χ4v) is 2.80. The molecule has 3 rings (SSSR count). The number of aryl methyl sites for hydroxylation is 1. The van der Waals surface area contributed by atoms with Gasteiger partial charge in [-0.1, -0.05) is 13.8 Å². The van der Waals surface area contributed by atoms with Crippen LogP contribution in [-0.4, -0.2) is 43.3 Å². The van der Waals surface area contributed by atoms with E-state index in [4.69, 9.17) is 24.6 Å². The zero-order valence-corrected chi connectivity index (χ0v) is 13.4. The number of aliphatic hydroxyl groups is 1. The molecule has 1 N–H and O–H groups in total. The second-order valence-corrected chi connectivity index (χ2v) is 6.00. The van der Waals surface area contributed by atoms with Gasteiger partial charge in [-0.3, -0.25) is 4.90 Å². The van der Waals surface area contributed by atoms with Crippen LogP contribution in [0.2, 0.25) is 0 Å². The van der Waals surface area contributed by atoms with E-state index in [0.29, 0.717) is 4.90 Å². The lowest BCUT2D eigenvalue weighted by Gasteiger charge is -2.46. The third kappa shape index (κ3) is 3.20. The molecule has 1 aromatic carbocycles. The molecular formula is C19H29NO3. The molecule has 0 spiro atoms. The van der Waals surface area contributed by atoms with Crippen LogP contribution in [0.25, 0.3) is 0 Å². The molecule has 0 amide bonds. The van der Waals surface area contributed by atoms with Gasteiger partial charge >= 0.3 is 0 Å². The normalized spacial score (nSPS) is 51.9. The molecule has 128 valence electrons. The number of ether oxygens (including phenoxy) is 2. The van der Waals surface area contributed by atoms with Gasteiger partial charge in [0.15, 0.2) is 11.5 Å². The summed E-state index contributed by atoms with van der Waals surface area (Å²) in [7, 11) is -1.83. The maximum Gasteiger partial charge on any atom is 0.161 e. The van der Waals surface area contributed by atoms with E-state index in [2.05, 4.69) is 0 Å². The van der Waals surface area contributed by atoms with Crippen molar-refractivity contribution in [3.05, 3.63) is 23.3 Å². The SMILES string of the molecule is [2H]C([2H])([2H])Oc1cc2c(cc1OC)C1([2H])N(CC([2H])(CC(C)C)C([2H])(O)C1([2H])[2H])C([2H])([2H])C2([2H])[2H]. The highest BCUT2D eigenvalue weighted by Gasteiger charge is 2.38. The number of piperidine rings is 1. The standard InChI is InChI=1S/C19H29NO3/c1-12(2)7-14-11-20-6-5-13-8-18(22-3)19(23-4)9-15(13)16(20)10-17(14)21/h8-9,12,14,16-17,21H,5-7,10-11H2,1-4H3/i3D3,5D2,6D2,10D2,14D,16D,17D. The van der Waals surface area contributed by atoms with E-state index >= 15 is 0 Å². The highest BCUT2D eigenvalue weighted by Crippen LogP contribution is 2.43. The summed E-state index contributed by atoms with van der Waals surface area (Å²) in [6.45, 7) is -0.570. The average molecular weight is 332 g/mol. The molecule has 3 unspecified atom stereocenters. The van der Waals surface area contributed by atoms with Gasteiger partial charge in [0, 0.05) is 28.7 Å². The third-order valence-corrected chi connectivity index (χ3v) is 3.84. The molecule has 4 nitrogen and oxygen atoms in total. The van der Waals surface area contributed by atoms with Crippen LogP contribution < -0.4 is 9.47 Å². The molecule has 0 aromatic heterocycles. The summed E-state index contributed by atoms with van der Waals surface area (Å²) in [5.41, 5.74) is -1.07. The van der Waals surface area contributed by atoms with Crippen molar-refractivity contribution in [1.29, 1.82) is 0 Å². The van der Waals surface area contributed by atoms with Crippen molar-refractivity contribution in [2.24, 2.45) is 11.8 Å². The van der Waals surface area contributed by atoms with Gasteiger partial charge in [-0.2, -0.15) is 0 Å². The van der Waals surface area contributed by atoms with E-state index in [1.54, 1.807) is 13.8 Å². The number of methoxy groups -OCH3 is 2. The van der Waals surface area contributed by atoms with E-state index in [9.17, 15) is 6.48 Å². The van der Waals surface area contributed by atoms with Gasteiger partial charge in [-0.15, -0.1) is 0 Å². The first-order valence-corrected chi connectivity index (χ1v) is 7.43. The van der Waals surface area contributed by atoms with Crippen molar-refractivity contribution in [1.82, 2.24) is 4.90 Å². The Morgan fingerprint density at radius 1 is 1.43 bits per heavy atom. The van der Waals surface area contributed by atoms with Crippen LogP contribution in [0.15, 0.2) is 12.1 Å². The fourth-order valence-electron chi connectivity index (χ4n) is 2.80. The van der Waals surface area contributed by atoms with Crippen LogP contribution in [0.3, 0.4) is 0 Å². The molecule has 2 heterocycles. The Balaban J connectivity index is 2.41.